The first-order valence-electron chi connectivity index (χ1n) is 8.59. The molecule has 7 heteroatoms. The number of amides is 1. The number of hydrogen-bond donors (Lipinski definition) is 1. The topological polar surface area (TPSA) is 81.8 Å². The van der Waals surface area contributed by atoms with Crippen LogP contribution in [-0.4, -0.2) is 31.9 Å². The number of amidine groups is 2. The summed E-state index contributed by atoms with van der Waals surface area (Å²) < 4.78 is 0. The number of carbonyl (C=O) groups excluding carboxylic acids is 1. The molecule has 3 aromatic rings. The molecule has 6 nitrogen and oxygen atoms in total. The molecule has 0 saturated carbocycles. The maximum atomic E-state index is 12.6. The Kier molecular flexibility index (Phi) is 3.87. The van der Waals surface area contributed by atoms with Crippen LogP contribution in [0.2, 0.25) is 0 Å². The molecule has 0 fully saturated rings. The number of benzene rings is 2. The Morgan fingerprint density at radius 2 is 1.89 bits per heavy atom. The van der Waals surface area contributed by atoms with Crippen LogP contribution >= 0.6 is 11.8 Å². The molecule has 2 aliphatic heterocycles. The van der Waals surface area contributed by atoms with Crippen LogP contribution in [-0.2, 0) is 4.79 Å². The number of aliphatic imine (C=N–C) groups is 1. The van der Waals surface area contributed by atoms with Crippen molar-refractivity contribution in [3.8, 4) is 0 Å². The minimum Gasteiger partial charge on any atom is -0.282 e. The fourth-order valence-electron chi connectivity index (χ4n) is 3.13. The lowest BCUT2D eigenvalue weighted by Gasteiger charge is -2.20. The molecule has 1 N–H and O–H groups in total. The van der Waals surface area contributed by atoms with Crippen LogP contribution in [0.15, 0.2) is 82.7 Å². The summed E-state index contributed by atoms with van der Waals surface area (Å²) >= 11 is 1.26. The number of fused-ring (bicyclic) bond motifs is 2. The van der Waals surface area contributed by atoms with Crippen LogP contribution in [0.25, 0.3) is 16.8 Å². The van der Waals surface area contributed by atoms with Crippen molar-refractivity contribution in [2.24, 2.45) is 10.1 Å². The van der Waals surface area contributed by atoms with Gasteiger partial charge in [0.2, 0.25) is 5.17 Å². The lowest BCUT2D eigenvalue weighted by atomic mass is 10.0. The van der Waals surface area contributed by atoms with Crippen molar-refractivity contribution in [3.63, 3.8) is 0 Å². The minimum atomic E-state index is -0.431. The molecule has 3 heterocycles. The number of rotatable bonds is 2. The molecule has 0 spiro atoms. The van der Waals surface area contributed by atoms with E-state index in [4.69, 9.17) is 5.41 Å². The first-order chi connectivity index (χ1) is 13.7. The van der Waals surface area contributed by atoms with Gasteiger partial charge in [-0.25, -0.2) is 0 Å². The smallest absolute Gasteiger partial charge is 0.282 e. The van der Waals surface area contributed by atoms with Gasteiger partial charge >= 0.3 is 0 Å². The molecule has 2 aliphatic rings. The zero-order chi connectivity index (χ0) is 19.1. The summed E-state index contributed by atoms with van der Waals surface area (Å²) in [6.07, 6.45) is 5.10. The van der Waals surface area contributed by atoms with Gasteiger partial charge in [0.05, 0.1) is 5.57 Å². The molecule has 28 heavy (non-hydrogen) atoms. The van der Waals surface area contributed by atoms with Gasteiger partial charge in [-0.2, -0.15) is 15.1 Å². The predicted molar refractivity (Wildman–Crippen MR) is 112 cm³/mol. The highest BCUT2D eigenvalue weighted by Gasteiger charge is 2.36. The summed E-state index contributed by atoms with van der Waals surface area (Å²) in [7, 11) is 0. The second-order valence-corrected chi connectivity index (χ2v) is 7.19. The van der Waals surface area contributed by atoms with Crippen molar-refractivity contribution in [1.29, 1.82) is 5.41 Å². The van der Waals surface area contributed by atoms with Gasteiger partial charge in [0.25, 0.3) is 5.91 Å². The summed E-state index contributed by atoms with van der Waals surface area (Å²) in [5.41, 5.74) is 1.91. The third-order valence-corrected chi connectivity index (χ3v) is 5.44. The second kappa shape index (κ2) is 6.54. The van der Waals surface area contributed by atoms with Crippen LogP contribution in [0, 0.1) is 5.41 Å². The Hall–Kier alpha value is -3.58. The normalized spacial score (nSPS) is 17.7. The van der Waals surface area contributed by atoms with E-state index in [2.05, 4.69) is 15.1 Å². The van der Waals surface area contributed by atoms with Crippen molar-refractivity contribution in [2.45, 2.75) is 0 Å². The highest BCUT2D eigenvalue weighted by molar-refractivity contribution is 8.27. The Morgan fingerprint density at radius 1 is 1.04 bits per heavy atom. The van der Waals surface area contributed by atoms with Crippen LogP contribution < -0.4 is 0 Å². The molecule has 0 saturated heterocycles. The van der Waals surface area contributed by atoms with Crippen LogP contribution in [0.4, 0.5) is 0 Å². The van der Waals surface area contributed by atoms with Gasteiger partial charge in [-0.3, -0.25) is 15.2 Å². The summed E-state index contributed by atoms with van der Waals surface area (Å²) in [5, 5.41) is 17.6. The molecule has 1 amide bonds. The molecular weight excluding hydrogens is 370 g/mol. The average molecular weight is 383 g/mol. The molecule has 2 aromatic carbocycles. The van der Waals surface area contributed by atoms with E-state index < -0.39 is 5.91 Å². The minimum absolute atomic E-state index is 0.0225. The van der Waals surface area contributed by atoms with Crippen molar-refractivity contribution in [3.05, 3.63) is 83.7 Å². The number of hydrogen-bond acceptors (Lipinski definition) is 5. The molecule has 0 unspecified atom stereocenters. The molecule has 134 valence electrons. The standard InChI is InChI=1S/C21H13N5OS/c22-18-17(11-14-7-3-6-13-5-1-2-9-16(13)14)19(27)24-21-26(18)25-20(28-21)15-8-4-10-23-12-15/h1-12,22H/b17-11-,22-18?. The van der Waals surface area contributed by atoms with Gasteiger partial charge in [0.15, 0.2) is 5.84 Å². The SMILES string of the molecule is N=C1/C(=C/c2cccc3ccccc23)C(=O)N=C2SC(c3cccnc3)=NN12. The third-order valence-electron chi connectivity index (χ3n) is 4.49. The van der Waals surface area contributed by atoms with Gasteiger partial charge < -0.3 is 0 Å². The van der Waals surface area contributed by atoms with Crippen molar-refractivity contribution < 1.29 is 4.79 Å². The average Bonchev–Trinajstić information content (AvgIpc) is 3.16. The molecule has 5 rings (SSSR count). The van der Waals surface area contributed by atoms with E-state index in [0.717, 1.165) is 21.9 Å². The summed E-state index contributed by atoms with van der Waals surface area (Å²) in [5.74, 6) is -0.409. The Labute approximate surface area is 164 Å². The molecule has 1 aromatic heterocycles. The Balaban J connectivity index is 1.56. The highest BCUT2D eigenvalue weighted by Crippen LogP contribution is 2.31. The van der Waals surface area contributed by atoms with E-state index in [1.807, 2.05) is 54.6 Å². The van der Waals surface area contributed by atoms with E-state index >= 15 is 0 Å². The zero-order valence-corrected chi connectivity index (χ0v) is 15.4. The largest absolute Gasteiger partial charge is 0.283 e. The molecule has 0 bridgehead atoms. The van der Waals surface area contributed by atoms with E-state index in [1.54, 1.807) is 18.5 Å². The monoisotopic (exact) mass is 383 g/mol. The maximum Gasteiger partial charge on any atom is 0.283 e. The first kappa shape index (κ1) is 16.6. The molecule has 0 atom stereocenters. The van der Waals surface area contributed by atoms with Crippen LogP contribution in [0.5, 0.6) is 0 Å². The Bertz CT molecular complexity index is 1220. The lowest BCUT2D eigenvalue weighted by Crippen LogP contribution is -2.35. The van der Waals surface area contributed by atoms with E-state index in [-0.39, 0.29) is 11.4 Å². The number of aromatic nitrogens is 1. The van der Waals surface area contributed by atoms with Gasteiger partial charge in [-0.15, -0.1) is 0 Å². The number of nitrogens with zero attached hydrogens (tertiary/aromatic N) is 4. The van der Waals surface area contributed by atoms with E-state index in [1.165, 1.54) is 16.8 Å². The number of pyridine rings is 1. The van der Waals surface area contributed by atoms with E-state index in [9.17, 15) is 4.79 Å². The van der Waals surface area contributed by atoms with Gasteiger partial charge in [0, 0.05) is 18.0 Å². The zero-order valence-electron chi connectivity index (χ0n) is 14.5. The lowest BCUT2D eigenvalue weighted by molar-refractivity contribution is -0.114. The number of carbonyl (C=O) groups is 1. The molecule has 0 radical (unpaired) electrons. The van der Waals surface area contributed by atoms with E-state index in [0.29, 0.717) is 10.2 Å². The maximum absolute atomic E-state index is 12.6. The van der Waals surface area contributed by atoms with Crippen molar-refractivity contribution >= 4 is 50.6 Å². The molecule has 0 aliphatic carbocycles. The van der Waals surface area contributed by atoms with Crippen molar-refractivity contribution in [2.75, 3.05) is 0 Å². The predicted octanol–water partition coefficient (Wildman–Crippen LogP) is 3.90. The fraction of sp³-hybridized carbons (Fsp3) is 0. The van der Waals surface area contributed by atoms with Crippen LogP contribution in [0.1, 0.15) is 11.1 Å². The fourth-order valence-corrected chi connectivity index (χ4v) is 4.01. The number of nitrogens with one attached hydrogen (secondary N) is 1. The highest BCUT2D eigenvalue weighted by atomic mass is 32.2. The first-order valence-corrected chi connectivity index (χ1v) is 9.41. The summed E-state index contributed by atoms with van der Waals surface area (Å²) in [4.78, 5) is 20.9. The molecular formula is C21H13N5OS. The number of hydrazone groups is 1. The summed E-state index contributed by atoms with van der Waals surface area (Å²) in [6.45, 7) is 0. The quantitative estimate of drug-likeness (QED) is 0.681. The summed E-state index contributed by atoms with van der Waals surface area (Å²) in [6, 6.07) is 17.5. The van der Waals surface area contributed by atoms with Gasteiger partial charge in [0.1, 0.15) is 5.04 Å². The van der Waals surface area contributed by atoms with Gasteiger partial charge in [-0.1, -0.05) is 42.5 Å². The van der Waals surface area contributed by atoms with Crippen molar-refractivity contribution in [1.82, 2.24) is 9.99 Å². The van der Waals surface area contributed by atoms with Crippen LogP contribution in [0.3, 0.4) is 0 Å². The second-order valence-electron chi connectivity index (χ2n) is 6.24. The third kappa shape index (κ3) is 2.73. The Morgan fingerprint density at radius 3 is 2.75 bits per heavy atom. The number of thioether (sulfide) groups is 1. The van der Waals surface area contributed by atoms with Gasteiger partial charge in [-0.05, 0) is 46.3 Å².